The normalized spacial score (nSPS) is 26.4. The summed E-state index contributed by atoms with van der Waals surface area (Å²) in [5.41, 5.74) is 3.60. The van der Waals surface area contributed by atoms with E-state index in [0.717, 1.165) is 42.1 Å². The zero-order valence-electron chi connectivity index (χ0n) is 16.6. The minimum Gasteiger partial charge on any atom is -0.299 e. The number of fused-ring (bicyclic) bond motifs is 1. The number of hydrogen-bond donors (Lipinski definition) is 0. The van der Waals surface area contributed by atoms with E-state index in [4.69, 9.17) is 0 Å². The van der Waals surface area contributed by atoms with Crippen molar-refractivity contribution < 1.29 is 9.18 Å². The van der Waals surface area contributed by atoms with Crippen molar-refractivity contribution in [2.24, 2.45) is 11.3 Å². The molecule has 2 aromatic carbocycles. The van der Waals surface area contributed by atoms with E-state index in [1.54, 1.807) is 12.1 Å². The van der Waals surface area contributed by atoms with Gasteiger partial charge in [0.05, 0.1) is 5.52 Å². The fourth-order valence-corrected chi connectivity index (χ4v) is 5.60. The number of Topliss-reactive ketones (excluding diaryl/α,β-unsaturated/α-hetero) is 1. The second-order valence-corrected chi connectivity index (χ2v) is 9.07. The van der Waals surface area contributed by atoms with Crippen LogP contribution in [0.3, 0.4) is 0 Å². The van der Waals surface area contributed by atoms with Crippen LogP contribution in [0.25, 0.3) is 10.9 Å². The first kappa shape index (κ1) is 18.5. The number of halogens is 1. The van der Waals surface area contributed by atoms with Gasteiger partial charge in [-0.15, -0.1) is 0 Å². The van der Waals surface area contributed by atoms with Crippen molar-refractivity contribution in [3.8, 4) is 0 Å². The molecule has 148 valence electrons. The number of hydrogen-bond acceptors (Lipinski definition) is 2. The van der Waals surface area contributed by atoms with Crippen molar-refractivity contribution in [2.45, 2.75) is 50.9 Å². The number of carbonyl (C=O) groups is 1. The van der Waals surface area contributed by atoms with Crippen LogP contribution in [0.15, 0.2) is 60.8 Å². The molecule has 2 aliphatic carbocycles. The molecule has 0 unspecified atom stereocenters. The summed E-state index contributed by atoms with van der Waals surface area (Å²) in [6.45, 7) is 0. The number of carbonyl (C=O) groups excluding carboxylic acids is 1. The molecule has 1 spiro atoms. The molecular formula is C26H26FNO. The molecule has 29 heavy (non-hydrogen) atoms. The maximum atomic E-state index is 13.8. The van der Waals surface area contributed by atoms with E-state index in [9.17, 15) is 9.18 Å². The lowest BCUT2D eigenvalue weighted by molar-refractivity contribution is -0.131. The van der Waals surface area contributed by atoms with E-state index in [0.29, 0.717) is 23.5 Å². The van der Waals surface area contributed by atoms with Crippen molar-refractivity contribution in [2.75, 3.05) is 0 Å². The van der Waals surface area contributed by atoms with Gasteiger partial charge in [-0.1, -0.05) is 30.3 Å². The molecule has 1 aromatic heterocycles. The third kappa shape index (κ3) is 3.59. The Kier molecular flexibility index (Phi) is 4.69. The van der Waals surface area contributed by atoms with Crippen LogP contribution in [0.5, 0.6) is 0 Å². The molecule has 0 N–H and O–H groups in total. The van der Waals surface area contributed by atoms with Crippen molar-refractivity contribution in [1.29, 1.82) is 0 Å². The topological polar surface area (TPSA) is 30.0 Å². The Morgan fingerprint density at radius 3 is 2.55 bits per heavy atom. The highest BCUT2D eigenvalue weighted by Crippen LogP contribution is 2.57. The van der Waals surface area contributed by atoms with Crippen molar-refractivity contribution in [3.63, 3.8) is 0 Å². The highest BCUT2D eigenvalue weighted by molar-refractivity contribution is 5.84. The molecule has 0 atom stereocenters. The van der Waals surface area contributed by atoms with Gasteiger partial charge in [-0.2, -0.15) is 0 Å². The second-order valence-electron chi connectivity index (χ2n) is 9.07. The van der Waals surface area contributed by atoms with E-state index in [1.807, 2.05) is 36.5 Å². The number of benzene rings is 2. The first-order valence-electron chi connectivity index (χ1n) is 10.7. The molecule has 2 nitrogen and oxygen atoms in total. The molecule has 0 bridgehead atoms. The van der Waals surface area contributed by atoms with Crippen molar-refractivity contribution in [3.05, 3.63) is 77.7 Å². The monoisotopic (exact) mass is 387 g/mol. The Morgan fingerprint density at radius 2 is 1.79 bits per heavy atom. The molecule has 0 amide bonds. The zero-order chi connectivity index (χ0) is 19.8. The van der Waals surface area contributed by atoms with E-state index in [1.165, 1.54) is 24.5 Å². The highest BCUT2D eigenvalue weighted by atomic mass is 19.1. The van der Waals surface area contributed by atoms with Gasteiger partial charge in [0.1, 0.15) is 11.6 Å². The number of aromatic nitrogens is 1. The van der Waals surface area contributed by atoms with Crippen molar-refractivity contribution in [1.82, 2.24) is 4.98 Å². The van der Waals surface area contributed by atoms with Gasteiger partial charge in [0.25, 0.3) is 0 Å². The smallest absolute Gasteiger partial charge is 0.140 e. The highest BCUT2D eigenvalue weighted by Gasteiger charge is 2.48. The third-order valence-corrected chi connectivity index (χ3v) is 7.26. The quantitative estimate of drug-likeness (QED) is 0.530. The van der Waals surface area contributed by atoms with Crippen LogP contribution in [0.4, 0.5) is 4.39 Å². The maximum Gasteiger partial charge on any atom is 0.140 e. The Bertz CT molecular complexity index is 1030. The summed E-state index contributed by atoms with van der Waals surface area (Å²) in [6, 6.07) is 17.0. The zero-order valence-corrected chi connectivity index (χ0v) is 16.6. The van der Waals surface area contributed by atoms with Crippen LogP contribution in [0.2, 0.25) is 0 Å². The summed E-state index contributed by atoms with van der Waals surface area (Å²) in [5.74, 6) is 0.909. The van der Waals surface area contributed by atoms with Gasteiger partial charge in [-0.05, 0) is 85.3 Å². The van der Waals surface area contributed by atoms with E-state index in [2.05, 4.69) is 11.1 Å². The molecule has 2 fully saturated rings. The molecule has 2 saturated carbocycles. The van der Waals surface area contributed by atoms with Gasteiger partial charge < -0.3 is 0 Å². The van der Waals surface area contributed by atoms with Crippen LogP contribution >= 0.6 is 0 Å². The predicted octanol–water partition coefficient (Wildman–Crippen LogP) is 6.24. The lowest BCUT2D eigenvalue weighted by atomic mass is 9.53. The standard InChI is InChI=1S/C26H26FNO/c27-21-6-7-24-23(15-21)22(10-13-28-24)19-8-11-26(12-9-19)16-20(17-26)25(29)14-18-4-2-1-3-5-18/h1-7,10,13,15,19-20H,8-9,11-12,14,16-17H2. The summed E-state index contributed by atoms with van der Waals surface area (Å²) >= 11 is 0. The van der Waals surface area contributed by atoms with Gasteiger partial charge in [-0.3, -0.25) is 9.78 Å². The first-order chi connectivity index (χ1) is 14.1. The second kappa shape index (κ2) is 7.37. The summed E-state index contributed by atoms with van der Waals surface area (Å²) in [6.07, 6.45) is 9.11. The first-order valence-corrected chi connectivity index (χ1v) is 10.7. The van der Waals surface area contributed by atoms with Crippen LogP contribution in [0.1, 0.15) is 55.6 Å². The van der Waals surface area contributed by atoms with Crippen LogP contribution in [-0.2, 0) is 11.2 Å². The molecule has 5 rings (SSSR count). The van der Waals surface area contributed by atoms with Gasteiger partial charge >= 0.3 is 0 Å². The molecule has 0 aliphatic heterocycles. The van der Waals surface area contributed by atoms with E-state index < -0.39 is 0 Å². The lowest BCUT2D eigenvalue weighted by Crippen LogP contribution is -2.43. The summed E-state index contributed by atoms with van der Waals surface area (Å²) < 4.78 is 13.8. The minimum absolute atomic E-state index is 0.196. The number of pyridine rings is 1. The van der Waals surface area contributed by atoms with Gasteiger partial charge in [0.15, 0.2) is 0 Å². The van der Waals surface area contributed by atoms with Gasteiger partial charge in [-0.25, -0.2) is 4.39 Å². The summed E-state index contributed by atoms with van der Waals surface area (Å²) in [5, 5.41) is 0.956. The Hall–Kier alpha value is -2.55. The summed E-state index contributed by atoms with van der Waals surface area (Å²) in [7, 11) is 0. The largest absolute Gasteiger partial charge is 0.299 e. The minimum atomic E-state index is -0.196. The molecular weight excluding hydrogens is 361 g/mol. The number of ketones is 1. The number of rotatable bonds is 4. The molecule has 0 radical (unpaired) electrons. The predicted molar refractivity (Wildman–Crippen MR) is 113 cm³/mol. The number of nitrogens with zero attached hydrogens (tertiary/aromatic N) is 1. The lowest BCUT2D eigenvalue weighted by Gasteiger charge is -2.51. The molecule has 1 heterocycles. The van der Waals surface area contributed by atoms with Crippen LogP contribution in [0, 0.1) is 17.2 Å². The molecule has 3 heteroatoms. The SMILES string of the molecule is O=C(Cc1ccccc1)C1CC2(CCC(c3ccnc4ccc(F)cc34)CC2)C1. The van der Waals surface area contributed by atoms with Crippen LogP contribution in [-0.4, -0.2) is 10.8 Å². The van der Waals surface area contributed by atoms with Gasteiger partial charge in [0, 0.05) is 23.9 Å². The Labute approximate surface area is 171 Å². The fourth-order valence-electron chi connectivity index (χ4n) is 5.60. The average molecular weight is 387 g/mol. The Balaban J connectivity index is 1.22. The maximum absolute atomic E-state index is 13.8. The molecule has 0 saturated heterocycles. The van der Waals surface area contributed by atoms with E-state index in [-0.39, 0.29) is 11.7 Å². The third-order valence-electron chi connectivity index (χ3n) is 7.26. The van der Waals surface area contributed by atoms with Crippen LogP contribution < -0.4 is 0 Å². The summed E-state index contributed by atoms with van der Waals surface area (Å²) in [4.78, 5) is 17.0. The Morgan fingerprint density at radius 1 is 1.03 bits per heavy atom. The molecule has 2 aliphatic rings. The van der Waals surface area contributed by atoms with E-state index >= 15 is 0 Å². The van der Waals surface area contributed by atoms with Crippen molar-refractivity contribution >= 4 is 16.7 Å². The average Bonchev–Trinajstić information content (AvgIpc) is 2.72. The fraction of sp³-hybridized carbons (Fsp3) is 0.385. The molecule has 3 aromatic rings. The van der Waals surface area contributed by atoms with Gasteiger partial charge in [0.2, 0.25) is 0 Å².